The molecule has 0 spiro atoms. The van der Waals surface area contributed by atoms with Gasteiger partial charge in [-0.25, -0.2) is 4.79 Å². The fourth-order valence-electron chi connectivity index (χ4n) is 3.50. The van der Waals surface area contributed by atoms with Gasteiger partial charge < -0.3 is 10.1 Å². The van der Waals surface area contributed by atoms with E-state index in [1.54, 1.807) is 38.3 Å². The molecule has 0 aliphatic rings. The summed E-state index contributed by atoms with van der Waals surface area (Å²) in [5.74, 6) is 0.361. The van der Waals surface area contributed by atoms with Crippen LogP contribution >= 0.6 is 0 Å². The highest BCUT2D eigenvalue weighted by molar-refractivity contribution is 5.81. The number of benzene rings is 2. The molecule has 0 radical (unpaired) electrons. The van der Waals surface area contributed by atoms with Gasteiger partial charge >= 0.3 is 5.69 Å². The van der Waals surface area contributed by atoms with Crippen LogP contribution in [0.3, 0.4) is 0 Å². The lowest BCUT2D eigenvalue weighted by Gasteiger charge is -2.19. The smallest absolute Gasteiger partial charge is 0.331 e. The van der Waals surface area contributed by atoms with Gasteiger partial charge in [0.05, 0.1) is 24.1 Å². The van der Waals surface area contributed by atoms with Crippen molar-refractivity contribution in [3.8, 4) is 5.75 Å². The van der Waals surface area contributed by atoms with Crippen LogP contribution in [0, 0.1) is 6.92 Å². The topological polar surface area (TPSA) is 82.3 Å². The third-order valence-electron chi connectivity index (χ3n) is 4.98. The summed E-state index contributed by atoms with van der Waals surface area (Å²) in [7, 11) is 1.59. The van der Waals surface area contributed by atoms with Crippen LogP contribution in [-0.4, -0.2) is 22.2 Å². The molecule has 0 saturated carbocycles. The van der Waals surface area contributed by atoms with Crippen molar-refractivity contribution >= 4 is 16.8 Å². The Kier molecular flexibility index (Phi) is 5.87. The molecule has 29 heavy (non-hydrogen) atoms. The van der Waals surface area contributed by atoms with Crippen molar-refractivity contribution in [3.63, 3.8) is 0 Å². The summed E-state index contributed by atoms with van der Waals surface area (Å²) >= 11 is 0. The average molecular weight is 395 g/mol. The molecule has 0 aliphatic carbocycles. The maximum Gasteiger partial charge on any atom is 0.331 e. The van der Waals surface area contributed by atoms with Crippen LogP contribution in [-0.2, 0) is 17.9 Å². The Balaban J connectivity index is 1.94. The van der Waals surface area contributed by atoms with Crippen molar-refractivity contribution in [2.24, 2.45) is 0 Å². The van der Waals surface area contributed by atoms with E-state index in [2.05, 4.69) is 5.32 Å². The number of hydrogen-bond acceptors (Lipinski definition) is 4. The van der Waals surface area contributed by atoms with E-state index in [1.165, 1.54) is 4.57 Å². The van der Waals surface area contributed by atoms with Gasteiger partial charge in [0, 0.05) is 12.1 Å². The van der Waals surface area contributed by atoms with E-state index in [9.17, 15) is 14.4 Å². The highest BCUT2D eigenvalue weighted by atomic mass is 16.5. The van der Waals surface area contributed by atoms with Crippen LogP contribution in [0.1, 0.15) is 31.0 Å². The largest absolute Gasteiger partial charge is 0.496 e. The fourth-order valence-corrected chi connectivity index (χ4v) is 3.50. The standard InChI is InChI=1S/C22H25N3O4/c1-5-24-21(27)16-8-6-7-9-18(16)25(22(24)28)13-20(26)23-15(3)17-12-14(2)10-11-19(17)29-4/h6-12,15H,5,13H2,1-4H3,(H,23,26)/t15-/m1/s1. The second-order valence-electron chi connectivity index (χ2n) is 6.97. The molecule has 152 valence electrons. The number of carbonyl (C=O) groups excluding carboxylic acids is 1. The monoisotopic (exact) mass is 395 g/mol. The molecule has 3 aromatic rings. The zero-order chi connectivity index (χ0) is 21.1. The molecule has 1 heterocycles. The van der Waals surface area contributed by atoms with Gasteiger partial charge in [0.25, 0.3) is 5.56 Å². The number of nitrogens with zero attached hydrogens (tertiary/aromatic N) is 2. The van der Waals surface area contributed by atoms with Gasteiger partial charge in [-0.05, 0) is 39.0 Å². The first-order chi connectivity index (χ1) is 13.9. The highest BCUT2D eigenvalue weighted by Gasteiger charge is 2.18. The minimum atomic E-state index is -0.493. The van der Waals surface area contributed by atoms with E-state index in [0.29, 0.717) is 16.7 Å². The van der Waals surface area contributed by atoms with Crippen LogP contribution in [0.2, 0.25) is 0 Å². The molecule has 0 saturated heterocycles. The first kappa shape index (κ1) is 20.4. The van der Waals surface area contributed by atoms with E-state index in [1.807, 2.05) is 32.0 Å². The first-order valence-electron chi connectivity index (χ1n) is 9.53. The molecule has 7 nitrogen and oxygen atoms in total. The first-order valence-corrected chi connectivity index (χ1v) is 9.53. The van der Waals surface area contributed by atoms with E-state index in [0.717, 1.165) is 15.7 Å². The van der Waals surface area contributed by atoms with Crippen LogP contribution < -0.4 is 21.3 Å². The number of aromatic nitrogens is 2. The lowest BCUT2D eigenvalue weighted by Crippen LogP contribution is -2.42. The lowest BCUT2D eigenvalue weighted by atomic mass is 10.0. The molecule has 0 fully saturated rings. The van der Waals surface area contributed by atoms with Crippen molar-refractivity contribution in [2.45, 2.75) is 39.9 Å². The van der Waals surface area contributed by atoms with Crippen LogP contribution in [0.25, 0.3) is 10.9 Å². The molecular weight excluding hydrogens is 370 g/mol. The number of fused-ring (bicyclic) bond motifs is 1. The third-order valence-corrected chi connectivity index (χ3v) is 4.98. The normalized spacial score (nSPS) is 12.0. The van der Waals surface area contributed by atoms with Gasteiger partial charge in [-0.3, -0.25) is 18.7 Å². The maximum atomic E-state index is 12.8. The summed E-state index contributed by atoms with van der Waals surface area (Å²) in [5.41, 5.74) is 1.52. The number of aryl methyl sites for hydroxylation is 1. The van der Waals surface area contributed by atoms with Crippen molar-refractivity contribution < 1.29 is 9.53 Å². The van der Waals surface area contributed by atoms with E-state index in [4.69, 9.17) is 4.74 Å². The molecular formula is C22H25N3O4. The van der Waals surface area contributed by atoms with Crippen LogP contribution in [0.5, 0.6) is 5.75 Å². The Bertz CT molecular complexity index is 1180. The molecule has 1 atom stereocenters. The number of hydrogen-bond donors (Lipinski definition) is 1. The molecule has 3 rings (SSSR count). The number of amides is 1. The number of nitrogens with one attached hydrogen (secondary N) is 1. The zero-order valence-corrected chi connectivity index (χ0v) is 17.1. The maximum absolute atomic E-state index is 12.8. The highest BCUT2D eigenvalue weighted by Crippen LogP contribution is 2.26. The summed E-state index contributed by atoms with van der Waals surface area (Å²) in [6, 6.07) is 12.3. The lowest BCUT2D eigenvalue weighted by molar-refractivity contribution is -0.122. The average Bonchev–Trinajstić information content (AvgIpc) is 2.71. The van der Waals surface area contributed by atoms with E-state index >= 15 is 0 Å². The third kappa shape index (κ3) is 3.94. The van der Waals surface area contributed by atoms with Gasteiger partial charge in [-0.2, -0.15) is 0 Å². The van der Waals surface area contributed by atoms with Crippen molar-refractivity contribution in [2.75, 3.05) is 7.11 Å². The Hall–Kier alpha value is -3.35. The second-order valence-corrected chi connectivity index (χ2v) is 6.97. The van der Waals surface area contributed by atoms with Crippen molar-refractivity contribution in [1.82, 2.24) is 14.5 Å². The predicted octanol–water partition coefficient (Wildman–Crippen LogP) is 2.38. The summed E-state index contributed by atoms with van der Waals surface area (Å²) < 4.78 is 7.88. The minimum Gasteiger partial charge on any atom is -0.496 e. The van der Waals surface area contributed by atoms with Crippen molar-refractivity contribution in [1.29, 1.82) is 0 Å². The summed E-state index contributed by atoms with van der Waals surface area (Å²) in [5, 5.41) is 3.34. The van der Waals surface area contributed by atoms with E-state index in [-0.39, 0.29) is 30.6 Å². The van der Waals surface area contributed by atoms with Gasteiger partial charge in [0.2, 0.25) is 5.91 Å². The Morgan fingerprint density at radius 2 is 1.86 bits per heavy atom. The Morgan fingerprint density at radius 1 is 1.14 bits per heavy atom. The summed E-state index contributed by atoms with van der Waals surface area (Å²) in [4.78, 5) is 38.1. The molecule has 0 bridgehead atoms. The molecule has 0 unspecified atom stereocenters. The summed E-state index contributed by atoms with van der Waals surface area (Å²) in [6.07, 6.45) is 0. The van der Waals surface area contributed by atoms with Gasteiger partial charge in [0.15, 0.2) is 0 Å². The molecule has 1 N–H and O–H groups in total. The Labute approximate surface area is 168 Å². The predicted molar refractivity (Wildman–Crippen MR) is 112 cm³/mol. The van der Waals surface area contributed by atoms with Crippen molar-refractivity contribution in [3.05, 3.63) is 74.4 Å². The fraction of sp³-hybridized carbons (Fsp3) is 0.318. The summed E-state index contributed by atoms with van der Waals surface area (Å²) in [6.45, 7) is 5.62. The minimum absolute atomic E-state index is 0.182. The quantitative estimate of drug-likeness (QED) is 0.695. The van der Waals surface area contributed by atoms with E-state index < -0.39 is 5.69 Å². The molecule has 1 amide bonds. The van der Waals surface area contributed by atoms with Gasteiger partial charge in [-0.15, -0.1) is 0 Å². The SMILES string of the molecule is CCn1c(=O)c2ccccc2n(CC(=O)N[C@H](C)c2cc(C)ccc2OC)c1=O. The van der Waals surface area contributed by atoms with Gasteiger partial charge in [-0.1, -0.05) is 29.8 Å². The van der Waals surface area contributed by atoms with Gasteiger partial charge in [0.1, 0.15) is 12.3 Å². The number of methoxy groups -OCH3 is 1. The molecule has 0 aliphatic heterocycles. The molecule has 1 aromatic heterocycles. The number of ether oxygens (including phenoxy) is 1. The molecule has 2 aromatic carbocycles. The number of rotatable bonds is 6. The zero-order valence-electron chi connectivity index (χ0n) is 17.1. The van der Waals surface area contributed by atoms with Crippen LogP contribution in [0.4, 0.5) is 0 Å². The molecule has 7 heteroatoms. The number of para-hydroxylation sites is 1. The van der Waals surface area contributed by atoms with Crippen LogP contribution in [0.15, 0.2) is 52.1 Å². The number of carbonyl (C=O) groups is 1. The Morgan fingerprint density at radius 3 is 2.55 bits per heavy atom. The second kappa shape index (κ2) is 8.34.